The van der Waals surface area contributed by atoms with Crippen LogP contribution in [0.25, 0.3) is 10.7 Å². The molecule has 0 fully saturated rings. The van der Waals surface area contributed by atoms with Crippen LogP contribution in [0.3, 0.4) is 0 Å². The number of nitrogens with one attached hydrogen (secondary N) is 1. The number of nitrogens with zero attached hydrogens (tertiary/aromatic N) is 3. The van der Waals surface area contributed by atoms with Gasteiger partial charge in [0.05, 0.1) is 10.5 Å². The Kier molecular flexibility index (Phi) is 6.97. The summed E-state index contributed by atoms with van der Waals surface area (Å²) in [5, 5.41) is 25.6. The average molecular weight is 455 g/mol. The fraction of sp³-hybridized carbons (Fsp3) is 0.577. The van der Waals surface area contributed by atoms with Crippen molar-refractivity contribution in [3.05, 3.63) is 51.4 Å². The summed E-state index contributed by atoms with van der Waals surface area (Å²) < 4.78 is 0. The van der Waals surface area contributed by atoms with Gasteiger partial charge in [0.25, 0.3) is 0 Å². The molecule has 2 N–H and O–H groups in total. The minimum atomic E-state index is -0.700. The number of aromatic amines is 1. The maximum Gasteiger partial charge on any atom is 0.214 e. The van der Waals surface area contributed by atoms with Crippen LogP contribution in [0, 0.1) is 19.3 Å². The summed E-state index contributed by atoms with van der Waals surface area (Å²) in [4.78, 5) is 2.43. The highest BCUT2D eigenvalue weighted by Crippen LogP contribution is 2.45. The molecule has 0 aliphatic carbocycles. The van der Waals surface area contributed by atoms with Crippen molar-refractivity contribution in [1.29, 1.82) is 0 Å². The third-order valence-electron chi connectivity index (χ3n) is 7.54. The molecule has 0 radical (unpaired) electrons. The molecule has 32 heavy (non-hydrogen) atoms. The van der Waals surface area contributed by atoms with E-state index in [4.69, 9.17) is 0 Å². The minimum absolute atomic E-state index is 0.0440. The first-order chi connectivity index (χ1) is 14.9. The summed E-state index contributed by atoms with van der Waals surface area (Å²) in [6.45, 7) is 17.1. The Balaban J connectivity index is 1.94. The third-order valence-corrected chi connectivity index (χ3v) is 8.97. The van der Waals surface area contributed by atoms with Crippen LogP contribution in [0.15, 0.2) is 24.3 Å². The van der Waals surface area contributed by atoms with Crippen molar-refractivity contribution >= 4 is 11.3 Å². The van der Waals surface area contributed by atoms with Crippen molar-refractivity contribution in [3.8, 4) is 10.7 Å². The maximum atomic E-state index is 10.9. The fourth-order valence-electron chi connectivity index (χ4n) is 4.37. The van der Waals surface area contributed by atoms with Gasteiger partial charge in [0.1, 0.15) is 0 Å². The molecule has 6 heteroatoms. The summed E-state index contributed by atoms with van der Waals surface area (Å²) in [6.07, 6.45) is 3.67. The average Bonchev–Trinajstić information content (AvgIpc) is 3.38. The molecular weight excluding hydrogens is 416 g/mol. The maximum absolute atomic E-state index is 10.9. The first-order valence-corrected chi connectivity index (χ1v) is 12.4. The molecular formula is C26H38N4OS. The number of hydrogen-bond acceptors (Lipinski definition) is 5. The molecule has 0 saturated heterocycles. The van der Waals surface area contributed by atoms with E-state index in [0.29, 0.717) is 5.82 Å². The van der Waals surface area contributed by atoms with Crippen molar-refractivity contribution in [2.75, 3.05) is 0 Å². The number of tetrazole rings is 1. The summed E-state index contributed by atoms with van der Waals surface area (Å²) in [5.74, 6) is 0.664. The van der Waals surface area contributed by atoms with Crippen LogP contribution in [0.1, 0.15) is 87.9 Å². The lowest BCUT2D eigenvalue weighted by molar-refractivity contribution is -0.0476. The summed E-state index contributed by atoms with van der Waals surface area (Å²) in [7, 11) is 0. The number of benzene rings is 1. The van der Waals surface area contributed by atoms with Gasteiger partial charge in [-0.2, -0.15) is 5.21 Å². The van der Waals surface area contributed by atoms with E-state index in [1.54, 1.807) is 11.3 Å². The van der Waals surface area contributed by atoms with Gasteiger partial charge in [-0.25, -0.2) is 0 Å². The molecule has 1 aromatic carbocycles. The monoisotopic (exact) mass is 454 g/mol. The standard InChI is InChI=1S/C26H38N4OS/c1-9-26(10-2,21-16-18(4)22(32-21)23-27-29-30-28-23)20-12-11-19(17(3)15-20)13-14-25(8,31)24(5,6)7/h11-12,15-16,31H,9-10,13-14H2,1-8H3,(H,27,28,29,30). The lowest BCUT2D eigenvalue weighted by atomic mass is 9.73. The van der Waals surface area contributed by atoms with Crippen LogP contribution in [0.4, 0.5) is 0 Å². The smallest absolute Gasteiger partial charge is 0.214 e. The highest BCUT2D eigenvalue weighted by molar-refractivity contribution is 7.15. The summed E-state index contributed by atoms with van der Waals surface area (Å²) >= 11 is 1.78. The third kappa shape index (κ3) is 4.53. The van der Waals surface area contributed by atoms with Crippen molar-refractivity contribution in [2.45, 2.75) is 92.1 Å². The first-order valence-electron chi connectivity index (χ1n) is 11.6. The van der Waals surface area contributed by atoms with Gasteiger partial charge in [-0.1, -0.05) is 52.8 Å². The molecule has 2 aromatic heterocycles. The summed E-state index contributed by atoms with van der Waals surface area (Å²) in [5.41, 5.74) is 4.27. The van der Waals surface area contributed by atoms with E-state index in [1.807, 2.05) is 6.92 Å². The van der Waals surface area contributed by atoms with Crippen LogP contribution in [-0.2, 0) is 11.8 Å². The van der Waals surface area contributed by atoms with E-state index in [-0.39, 0.29) is 10.8 Å². The van der Waals surface area contributed by atoms with Crippen molar-refractivity contribution in [1.82, 2.24) is 20.6 Å². The number of rotatable bonds is 8. The molecule has 174 valence electrons. The van der Waals surface area contributed by atoms with E-state index in [9.17, 15) is 5.11 Å². The summed E-state index contributed by atoms with van der Waals surface area (Å²) in [6, 6.07) is 9.22. The molecule has 2 heterocycles. The fourth-order valence-corrected chi connectivity index (χ4v) is 5.83. The molecule has 0 amide bonds. The molecule has 0 aliphatic rings. The lowest BCUT2D eigenvalue weighted by Crippen LogP contribution is -2.40. The van der Waals surface area contributed by atoms with Crippen LogP contribution in [0.5, 0.6) is 0 Å². The van der Waals surface area contributed by atoms with E-state index in [2.05, 4.69) is 93.4 Å². The number of H-pyrrole nitrogens is 1. The highest BCUT2D eigenvalue weighted by Gasteiger charge is 2.36. The van der Waals surface area contributed by atoms with Gasteiger partial charge in [-0.3, -0.25) is 0 Å². The van der Waals surface area contributed by atoms with Crippen LogP contribution >= 0.6 is 11.3 Å². The Labute approximate surface area is 196 Å². The molecule has 1 unspecified atom stereocenters. The van der Waals surface area contributed by atoms with E-state index < -0.39 is 5.60 Å². The van der Waals surface area contributed by atoms with Gasteiger partial charge in [-0.05, 0) is 85.4 Å². The molecule has 3 aromatic rings. The second-order valence-corrected chi connectivity index (χ2v) is 11.4. The molecule has 0 aliphatic heterocycles. The zero-order valence-electron chi connectivity index (χ0n) is 20.8. The Hall–Kier alpha value is -2.05. The quantitative estimate of drug-likeness (QED) is 0.414. The predicted octanol–water partition coefficient (Wildman–Crippen LogP) is 6.38. The van der Waals surface area contributed by atoms with E-state index >= 15 is 0 Å². The van der Waals surface area contributed by atoms with Crippen LogP contribution in [0.2, 0.25) is 0 Å². The lowest BCUT2D eigenvalue weighted by Gasteiger charge is -2.37. The molecule has 1 atom stereocenters. The van der Waals surface area contributed by atoms with Crippen molar-refractivity contribution < 1.29 is 5.11 Å². The van der Waals surface area contributed by atoms with Gasteiger partial charge in [-0.15, -0.1) is 21.5 Å². The van der Waals surface area contributed by atoms with Crippen LogP contribution in [-0.4, -0.2) is 31.3 Å². The molecule has 0 spiro atoms. The molecule has 5 nitrogen and oxygen atoms in total. The highest BCUT2D eigenvalue weighted by atomic mass is 32.1. The molecule has 3 rings (SSSR count). The largest absolute Gasteiger partial charge is 0.390 e. The van der Waals surface area contributed by atoms with E-state index in [1.165, 1.54) is 27.1 Å². The Morgan fingerprint density at radius 2 is 1.69 bits per heavy atom. The Morgan fingerprint density at radius 1 is 1.00 bits per heavy atom. The molecule has 0 bridgehead atoms. The Morgan fingerprint density at radius 3 is 2.22 bits per heavy atom. The Bertz CT molecular complexity index is 1040. The minimum Gasteiger partial charge on any atom is -0.390 e. The number of thiophene rings is 1. The van der Waals surface area contributed by atoms with Gasteiger partial charge in [0, 0.05) is 10.3 Å². The first kappa shape index (κ1) is 24.6. The second kappa shape index (κ2) is 9.06. The van der Waals surface area contributed by atoms with Gasteiger partial charge in [0.2, 0.25) is 5.82 Å². The van der Waals surface area contributed by atoms with Crippen LogP contribution < -0.4 is 0 Å². The van der Waals surface area contributed by atoms with Gasteiger partial charge in [0.15, 0.2) is 0 Å². The topological polar surface area (TPSA) is 74.7 Å². The zero-order chi connectivity index (χ0) is 23.7. The van der Waals surface area contributed by atoms with Gasteiger partial charge < -0.3 is 5.11 Å². The van der Waals surface area contributed by atoms with Gasteiger partial charge >= 0.3 is 0 Å². The van der Waals surface area contributed by atoms with Crippen molar-refractivity contribution in [3.63, 3.8) is 0 Å². The zero-order valence-corrected chi connectivity index (χ0v) is 21.7. The normalized spacial score (nSPS) is 14.5. The predicted molar refractivity (Wildman–Crippen MR) is 133 cm³/mol. The molecule has 0 saturated carbocycles. The number of hydrogen-bond donors (Lipinski definition) is 2. The van der Waals surface area contributed by atoms with Crippen molar-refractivity contribution in [2.24, 2.45) is 5.41 Å². The SMILES string of the molecule is CCC(CC)(c1ccc(CCC(C)(O)C(C)(C)C)c(C)c1)c1cc(C)c(-c2nn[nH]n2)s1. The number of aliphatic hydroxyl groups is 1. The van der Waals surface area contributed by atoms with E-state index in [0.717, 1.165) is 30.6 Å². The second-order valence-electron chi connectivity index (χ2n) is 10.3. The number of aromatic nitrogens is 4. The number of aryl methyl sites for hydroxylation is 3.